The Morgan fingerprint density at radius 3 is 2.45 bits per heavy atom. The summed E-state index contributed by atoms with van der Waals surface area (Å²) in [4.78, 5) is 41.2. The second-order valence-corrected chi connectivity index (χ2v) is 10.7. The number of nitrogens with one attached hydrogen (secondary N) is 3. The van der Waals surface area contributed by atoms with Gasteiger partial charge in [-0.05, 0) is 31.2 Å². The fraction of sp³-hybridized carbons (Fsp3) is 0.545. The summed E-state index contributed by atoms with van der Waals surface area (Å²) in [5.41, 5.74) is 15.7. The third-order valence-electron chi connectivity index (χ3n) is 5.78. The molecule has 11 N–H and O–H groups in total. The molecule has 0 spiro atoms. The van der Waals surface area contributed by atoms with Crippen molar-refractivity contribution in [2.45, 2.75) is 50.2 Å². The van der Waals surface area contributed by atoms with Gasteiger partial charge in [-0.1, -0.05) is 30.3 Å². The number of hydrogen-bond acceptors (Lipinski definition) is 5. The summed E-state index contributed by atoms with van der Waals surface area (Å²) in [6.45, 7) is 0.00480. The highest BCUT2D eigenvalue weighted by Gasteiger charge is 2.38. The van der Waals surface area contributed by atoms with Gasteiger partial charge in [-0.25, -0.2) is 13.1 Å². The van der Waals surface area contributed by atoms with Crippen molar-refractivity contribution >= 4 is 33.8 Å². The number of amides is 2. The van der Waals surface area contributed by atoms with Crippen molar-refractivity contribution in [3.8, 4) is 0 Å². The standard InChI is InChI=1S/C22H35N7O6S.2ClH/c23-17(12-15-6-2-1-3-7-15)21(33)29-11-5-9-18(29)20(32)28-16(8-4-10-26-22(24)25)14-36(34,35)27-13-19(30)31;;/h1-3,6-7,16-18,27H,4-5,8-14,23H2,(H,28,32)(H,30,31)(H4,24,25,26);2*1H/t16-,17+,18-;;/m0../s1. The smallest absolute Gasteiger partial charge is 0.338 e. The number of rotatable bonds is 14. The van der Waals surface area contributed by atoms with Gasteiger partial charge in [0, 0.05) is 19.0 Å². The van der Waals surface area contributed by atoms with Gasteiger partial charge in [-0.3, -0.25) is 30.8 Å². The van der Waals surface area contributed by atoms with Crippen molar-refractivity contribution in [3.05, 3.63) is 35.9 Å². The first-order chi connectivity index (χ1) is 17.0. The van der Waals surface area contributed by atoms with Gasteiger partial charge in [0.1, 0.15) is 12.6 Å². The number of carbonyl (C=O) groups is 3. The van der Waals surface area contributed by atoms with E-state index in [1.165, 1.54) is 4.90 Å². The van der Waals surface area contributed by atoms with E-state index in [0.29, 0.717) is 38.8 Å². The van der Waals surface area contributed by atoms with Crippen LogP contribution in [0.2, 0.25) is 0 Å². The average Bonchev–Trinajstić information content (AvgIpc) is 3.30. The molecule has 2 amide bonds. The van der Waals surface area contributed by atoms with Gasteiger partial charge in [0.2, 0.25) is 15.9 Å². The van der Waals surface area contributed by atoms with E-state index in [2.05, 4.69) is 16.0 Å². The van der Waals surface area contributed by atoms with Gasteiger partial charge in [0.05, 0.1) is 12.3 Å². The molecule has 1 heterocycles. The second kappa shape index (κ2) is 17.0. The molecule has 1 aromatic rings. The summed E-state index contributed by atoms with van der Waals surface area (Å²) in [5.74, 6) is -2.51. The van der Waals surface area contributed by atoms with Crippen molar-refractivity contribution in [2.24, 2.45) is 11.5 Å². The highest BCUT2D eigenvalue weighted by atomic mass is 35.5. The van der Waals surface area contributed by atoms with Crippen LogP contribution in [0.5, 0.6) is 0 Å². The van der Waals surface area contributed by atoms with E-state index < -0.39 is 52.3 Å². The molecule has 3 atom stereocenters. The van der Waals surface area contributed by atoms with E-state index in [-0.39, 0.29) is 43.1 Å². The number of halogens is 2. The number of likely N-dealkylation sites (tertiary alicyclic amines) is 1. The zero-order valence-corrected chi connectivity index (χ0v) is 23.3. The molecule has 1 aliphatic heterocycles. The third-order valence-corrected chi connectivity index (χ3v) is 7.21. The minimum absolute atomic E-state index is 0. The molecule has 0 bridgehead atoms. The third kappa shape index (κ3) is 12.3. The SMILES string of the molecule is NC(N)=[NH+]CCC[C@@H](CS(=O)(=O)NCC(=O)O)NC(=O)[C@@H]1CCCN1C(=O)[C@H]([NH3+])Cc1ccccc1.[Cl-].[Cl-]. The number of nitrogens with zero attached hydrogens (tertiary/aromatic N) is 1. The van der Waals surface area contributed by atoms with Crippen molar-refractivity contribution in [1.29, 1.82) is 0 Å². The fourth-order valence-electron chi connectivity index (χ4n) is 4.09. The van der Waals surface area contributed by atoms with Gasteiger partial charge < -0.3 is 45.9 Å². The summed E-state index contributed by atoms with van der Waals surface area (Å²) in [7, 11) is -3.99. The largest absolute Gasteiger partial charge is 1.00 e. The second-order valence-electron chi connectivity index (χ2n) is 8.80. The van der Waals surface area contributed by atoms with Crippen molar-refractivity contribution in [3.63, 3.8) is 0 Å². The number of sulfonamides is 1. The number of carboxylic acids is 1. The molecule has 16 heteroatoms. The Morgan fingerprint density at radius 1 is 1.18 bits per heavy atom. The first-order valence-electron chi connectivity index (χ1n) is 11.8. The van der Waals surface area contributed by atoms with E-state index in [1.54, 1.807) is 0 Å². The van der Waals surface area contributed by atoms with E-state index >= 15 is 0 Å². The first-order valence-corrected chi connectivity index (χ1v) is 13.4. The first kappa shape index (κ1) is 35.4. The molecule has 216 valence electrons. The lowest BCUT2D eigenvalue weighted by Crippen LogP contribution is -3.00. The number of quaternary nitrogens is 1. The molecule has 0 radical (unpaired) electrons. The van der Waals surface area contributed by atoms with Gasteiger partial charge in [0.15, 0.2) is 6.04 Å². The Kier molecular flexibility index (Phi) is 15.9. The zero-order chi connectivity index (χ0) is 26.7. The lowest BCUT2D eigenvalue weighted by Gasteiger charge is -2.27. The van der Waals surface area contributed by atoms with Crippen LogP contribution < -0.4 is 57.0 Å². The Hall–Kier alpha value is -2.65. The molecule has 13 nitrogen and oxygen atoms in total. The molecule has 0 aliphatic carbocycles. The maximum atomic E-state index is 13.1. The number of aliphatic carboxylic acids is 1. The molecule has 1 saturated heterocycles. The molecule has 1 aliphatic rings. The molecule has 2 rings (SSSR count). The summed E-state index contributed by atoms with van der Waals surface area (Å²) in [6.07, 6.45) is 2.22. The molecule has 0 saturated carbocycles. The van der Waals surface area contributed by atoms with Crippen molar-refractivity contribution < 1.29 is 63.4 Å². The van der Waals surface area contributed by atoms with Crippen LogP contribution in [0.4, 0.5) is 0 Å². The molecule has 0 aromatic heterocycles. The Morgan fingerprint density at radius 2 is 1.84 bits per heavy atom. The summed E-state index contributed by atoms with van der Waals surface area (Å²) < 4.78 is 26.7. The lowest BCUT2D eigenvalue weighted by atomic mass is 10.0. The molecular weight excluding hydrogens is 561 g/mol. The number of carbonyl (C=O) groups excluding carboxylic acids is 2. The van der Waals surface area contributed by atoms with E-state index in [1.807, 2.05) is 35.1 Å². The fourth-order valence-corrected chi connectivity index (χ4v) is 5.34. The van der Waals surface area contributed by atoms with Crippen LogP contribution in [0.15, 0.2) is 30.3 Å². The highest BCUT2D eigenvalue weighted by Crippen LogP contribution is 2.19. The van der Waals surface area contributed by atoms with Crippen molar-refractivity contribution in [1.82, 2.24) is 14.9 Å². The van der Waals surface area contributed by atoms with E-state index in [4.69, 9.17) is 16.6 Å². The number of carboxylic acid groups (broad SMARTS) is 1. The average molecular weight is 599 g/mol. The molecule has 38 heavy (non-hydrogen) atoms. The Balaban J connectivity index is 0.00000684. The summed E-state index contributed by atoms with van der Waals surface area (Å²) in [6, 6.07) is 7.35. The maximum absolute atomic E-state index is 13.1. The van der Waals surface area contributed by atoms with Crippen LogP contribution in [0.25, 0.3) is 0 Å². The normalized spacial score (nSPS) is 16.3. The Bertz CT molecular complexity index is 1040. The van der Waals surface area contributed by atoms with Crippen LogP contribution in [-0.4, -0.2) is 85.7 Å². The number of guanidine groups is 1. The number of nitrogens with two attached hydrogens (primary N) is 2. The van der Waals surface area contributed by atoms with Crippen LogP contribution in [0, 0.1) is 0 Å². The van der Waals surface area contributed by atoms with E-state index in [0.717, 1.165) is 5.56 Å². The molecule has 0 unspecified atom stereocenters. The monoisotopic (exact) mass is 597 g/mol. The summed E-state index contributed by atoms with van der Waals surface area (Å²) in [5, 5.41) is 11.5. The van der Waals surface area contributed by atoms with Crippen LogP contribution >= 0.6 is 0 Å². The predicted octanol–water partition coefficient (Wildman–Crippen LogP) is -10.5. The maximum Gasteiger partial charge on any atom is 0.338 e. The molecule has 1 fully saturated rings. The van der Waals surface area contributed by atoms with Gasteiger partial charge in [0.25, 0.3) is 5.91 Å². The minimum Gasteiger partial charge on any atom is -1.00 e. The quantitative estimate of drug-likeness (QED) is 0.0617. The molecular formula is C22H37Cl2N7O6S. The number of hydrogen-bond donors (Lipinski definition) is 7. The van der Waals surface area contributed by atoms with Gasteiger partial charge in [-0.2, -0.15) is 0 Å². The summed E-state index contributed by atoms with van der Waals surface area (Å²) >= 11 is 0. The van der Waals surface area contributed by atoms with Crippen LogP contribution in [-0.2, 0) is 30.8 Å². The van der Waals surface area contributed by atoms with Crippen LogP contribution in [0.1, 0.15) is 31.2 Å². The Labute approximate surface area is 234 Å². The topological polar surface area (TPSA) is 227 Å². The zero-order valence-electron chi connectivity index (χ0n) is 20.9. The predicted molar refractivity (Wildman–Crippen MR) is 131 cm³/mol. The minimum atomic E-state index is -3.99. The van der Waals surface area contributed by atoms with E-state index in [9.17, 15) is 22.8 Å². The van der Waals surface area contributed by atoms with Crippen LogP contribution in [0.3, 0.4) is 0 Å². The van der Waals surface area contributed by atoms with Gasteiger partial charge >= 0.3 is 11.9 Å². The molecule has 1 aromatic carbocycles. The van der Waals surface area contributed by atoms with Crippen molar-refractivity contribution in [2.75, 3.05) is 25.4 Å². The number of benzene rings is 1. The lowest BCUT2D eigenvalue weighted by molar-refractivity contribution is -0.459. The highest BCUT2D eigenvalue weighted by molar-refractivity contribution is 7.89. The van der Waals surface area contributed by atoms with Gasteiger partial charge in [-0.15, -0.1) is 0 Å².